The van der Waals surface area contributed by atoms with E-state index in [0.717, 1.165) is 28.2 Å². The first-order valence-corrected chi connectivity index (χ1v) is 5.95. The second kappa shape index (κ2) is 3.82. The van der Waals surface area contributed by atoms with Crippen molar-refractivity contribution in [2.75, 3.05) is 0 Å². The monoisotopic (exact) mass is 256 g/mol. The van der Waals surface area contributed by atoms with Crippen molar-refractivity contribution >= 4 is 28.2 Å². The van der Waals surface area contributed by atoms with E-state index in [4.69, 9.17) is 8.83 Å². The lowest BCUT2D eigenvalue weighted by Gasteiger charge is -2.04. The molecule has 0 spiro atoms. The van der Waals surface area contributed by atoms with Crippen molar-refractivity contribution in [3.05, 3.63) is 45.0 Å². The van der Waals surface area contributed by atoms with Crippen LogP contribution in [0.5, 0.6) is 0 Å². The maximum atomic E-state index is 11.5. The van der Waals surface area contributed by atoms with Crippen molar-refractivity contribution < 1.29 is 13.6 Å². The van der Waals surface area contributed by atoms with E-state index >= 15 is 0 Å². The molecule has 1 aromatic carbocycles. The SMILES string of the molecule is Cc1oc2c(C)c3oc(=O)cc(C)c3cc2c1C=O. The molecule has 0 bridgehead atoms. The molecule has 0 radical (unpaired) electrons. The highest BCUT2D eigenvalue weighted by atomic mass is 16.4. The van der Waals surface area contributed by atoms with Gasteiger partial charge in [0.1, 0.15) is 16.9 Å². The number of aldehydes is 1. The number of hydrogen-bond acceptors (Lipinski definition) is 4. The number of furan rings is 1. The van der Waals surface area contributed by atoms with Gasteiger partial charge in [-0.2, -0.15) is 0 Å². The average molecular weight is 256 g/mol. The summed E-state index contributed by atoms with van der Waals surface area (Å²) in [4.78, 5) is 22.6. The van der Waals surface area contributed by atoms with Crippen LogP contribution >= 0.6 is 0 Å². The van der Waals surface area contributed by atoms with Crippen LogP contribution in [0, 0.1) is 20.8 Å². The number of hydrogen-bond donors (Lipinski definition) is 0. The number of rotatable bonds is 1. The fourth-order valence-corrected chi connectivity index (χ4v) is 2.47. The zero-order chi connectivity index (χ0) is 13.7. The minimum atomic E-state index is -0.383. The van der Waals surface area contributed by atoms with Gasteiger partial charge in [0.25, 0.3) is 0 Å². The molecule has 2 aromatic heterocycles. The molecular formula is C15H12O4. The number of aryl methyl sites for hydroxylation is 3. The number of carbonyl (C=O) groups is 1. The molecule has 0 saturated heterocycles. The fourth-order valence-electron chi connectivity index (χ4n) is 2.47. The Bertz CT molecular complexity index is 881. The molecule has 3 rings (SSSR count). The van der Waals surface area contributed by atoms with Gasteiger partial charge >= 0.3 is 5.63 Å². The molecule has 19 heavy (non-hydrogen) atoms. The van der Waals surface area contributed by atoms with Crippen LogP contribution in [0.15, 0.2) is 25.8 Å². The van der Waals surface area contributed by atoms with E-state index in [0.29, 0.717) is 22.5 Å². The average Bonchev–Trinajstić information content (AvgIpc) is 2.67. The predicted octanol–water partition coefficient (Wildman–Crippen LogP) is 3.28. The third-order valence-electron chi connectivity index (χ3n) is 3.46. The fraction of sp³-hybridized carbons (Fsp3) is 0.200. The molecule has 0 fully saturated rings. The van der Waals surface area contributed by atoms with Gasteiger partial charge in [-0.3, -0.25) is 4.79 Å². The van der Waals surface area contributed by atoms with Gasteiger partial charge in [-0.15, -0.1) is 0 Å². The number of fused-ring (bicyclic) bond motifs is 2. The Hall–Kier alpha value is -2.36. The van der Waals surface area contributed by atoms with Crippen LogP contribution in [0.25, 0.3) is 21.9 Å². The van der Waals surface area contributed by atoms with Gasteiger partial charge in [0, 0.05) is 22.4 Å². The zero-order valence-corrected chi connectivity index (χ0v) is 10.9. The van der Waals surface area contributed by atoms with Crippen LogP contribution in [0.4, 0.5) is 0 Å². The van der Waals surface area contributed by atoms with E-state index in [1.807, 2.05) is 19.9 Å². The van der Waals surface area contributed by atoms with E-state index in [-0.39, 0.29) is 5.63 Å². The van der Waals surface area contributed by atoms with E-state index in [9.17, 15) is 9.59 Å². The summed E-state index contributed by atoms with van der Waals surface area (Å²) in [6, 6.07) is 3.29. The number of benzene rings is 1. The highest BCUT2D eigenvalue weighted by Gasteiger charge is 2.17. The molecule has 0 N–H and O–H groups in total. The molecular weight excluding hydrogens is 244 g/mol. The Balaban J connectivity index is 2.63. The highest BCUT2D eigenvalue weighted by Crippen LogP contribution is 2.33. The molecule has 0 saturated carbocycles. The molecule has 0 amide bonds. The standard InChI is InChI=1S/C15H12O4/c1-7-4-13(17)19-14-8(2)15-11(5-10(7)14)12(6-16)9(3)18-15/h4-6H,1-3H3. The Morgan fingerprint density at radius 3 is 2.37 bits per heavy atom. The van der Waals surface area contributed by atoms with Crippen molar-refractivity contribution in [3.8, 4) is 0 Å². The van der Waals surface area contributed by atoms with Crippen molar-refractivity contribution in [2.45, 2.75) is 20.8 Å². The van der Waals surface area contributed by atoms with Gasteiger partial charge in [0.15, 0.2) is 6.29 Å². The summed E-state index contributed by atoms with van der Waals surface area (Å²) in [5.74, 6) is 0.573. The van der Waals surface area contributed by atoms with Gasteiger partial charge in [-0.25, -0.2) is 4.79 Å². The minimum Gasteiger partial charge on any atom is -0.460 e. The molecule has 0 atom stereocenters. The molecule has 3 aromatic rings. The molecule has 0 unspecified atom stereocenters. The van der Waals surface area contributed by atoms with E-state index in [2.05, 4.69) is 0 Å². The van der Waals surface area contributed by atoms with E-state index in [1.54, 1.807) is 6.92 Å². The van der Waals surface area contributed by atoms with Crippen LogP contribution in [0.1, 0.15) is 27.2 Å². The quantitative estimate of drug-likeness (QED) is 0.495. The number of carbonyl (C=O) groups excluding carboxylic acids is 1. The summed E-state index contributed by atoms with van der Waals surface area (Å²) in [7, 11) is 0. The molecule has 4 nitrogen and oxygen atoms in total. The minimum absolute atomic E-state index is 0.383. The van der Waals surface area contributed by atoms with Crippen molar-refractivity contribution in [1.29, 1.82) is 0 Å². The second-order valence-corrected chi connectivity index (χ2v) is 4.69. The molecule has 0 aliphatic heterocycles. The van der Waals surface area contributed by atoms with E-state index in [1.165, 1.54) is 6.07 Å². The maximum absolute atomic E-state index is 11.5. The topological polar surface area (TPSA) is 60.4 Å². The molecule has 4 heteroatoms. The Morgan fingerprint density at radius 2 is 1.68 bits per heavy atom. The molecule has 0 aliphatic carbocycles. The van der Waals surface area contributed by atoms with Gasteiger partial charge in [-0.05, 0) is 32.4 Å². The largest absolute Gasteiger partial charge is 0.460 e. The van der Waals surface area contributed by atoms with Gasteiger partial charge in [0.2, 0.25) is 0 Å². The van der Waals surface area contributed by atoms with Crippen LogP contribution < -0.4 is 5.63 Å². The van der Waals surface area contributed by atoms with Gasteiger partial charge in [-0.1, -0.05) is 0 Å². The molecule has 96 valence electrons. The van der Waals surface area contributed by atoms with Crippen LogP contribution in [-0.4, -0.2) is 6.29 Å². The summed E-state index contributed by atoms with van der Waals surface area (Å²) in [6.45, 7) is 5.42. The van der Waals surface area contributed by atoms with Crippen LogP contribution in [0.3, 0.4) is 0 Å². The first kappa shape index (κ1) is 11.7. The van der Waals surface area contributed by atoms with E-state index < -0.39 is 0 Å². The summed E-state index contributed by atoms with van der Waals surface area (Å²) in [5, 5.41) is 1.59. The first-order valence-electron chi connectivity index (χ1n) is 5.95. The molecule has 2 heterocycles. The summed E-state index contributed by atoms with van der Waals surface area (Å²) in [5.41, 5.74) is 2.85. The highest BCUT2D eigenvalue weighted by molar-refractivity contribution is 6.05. The summed E-state index contributed by atoms with van der Waals surface area (Å²) in [6.07, 6.45) is 0.793. The Kier molecular flexibility index (Phi) is 2.35. The third kappa shape index (κ3) is 1.53. The molecule has 0 aliphatic rings. The smallest absolute Gasteiger partial charge is 0.336 e. The summed E-state index contributed by atoms with van der Waals surface area (Å²) < 4.78 is 10.9. The lowest BCUT2D eigenvalue weighted by molar-refractivity contribution is 0.112. The lowest BCUT2D eigenvalue weighted by atomic mass is 10.0. The van der Waals surface area contributed by atoms with Gasteiger partial charge < -0.3 is 8.83 Å². The van der Waals surface area contributed by atoms with Crippen molar-refractivity contribution in [3.63, 3.8) is 0 Å². The zero-order valence-electron chi connectivity index (χ0n) is 10.9. The Labute approximate surface area is 108 Å². The first-order chi connectivity index (χ1) is 9.02. The van der Waals surface area contributed by atoms with Gasteiger partial charge in [0.05, 0.1) is 5.56 Å². The maximum Gasteiger partial charge on any atom is 0.336 e. The van der Waals surface area contributed by atoms with Crippen LogP contribution in [0.2, 0.25) is 0 Å². The second-order valence-electron chi connectivity index (χ2n) is 4.69. The predicted molar refractivity (Wildman–Crippen MR) is 71.9 cm³/mol. The van der Waals surface area contributed by atoms with Crippen LogP contribution in [-0.2, 0) is 0 Å². The summed E-state index contributed by atoms with van der Waals surface area (Å²) >= 11 is 0. The third-order valence-corrected chi connectivity index (χ3v) is 3.46. The van der Waals surface area contributed by atoms with Crippen molar-refractivity contribution in [2.24, 2.45) is 0 Å². The lowest BCUT2D eigenvalue weighted by Crippen LogP contribution is -1.99. The normalized spacial score (nSPS) is 11.3. The Morgan fingerprint density at radius 1 is 1.00 bits per heavy atom. The van der Waals surface area contributed by atoms with Crippen molar-refractivity contribution in [1.82, 2.24) is 0 Å².